The van der Waals surface area contributed by atoms with Gasteiger partial charge in [-0.2, -0.15) is 0 Å². The van der Waals surface area contributed by atoms with Gasteiger partial charge >= 0.3 is 0 Å². The fourth-order valence-corrected chi connectivity index (χ4v) is 5.16. The van der Waals surface area contributed by atoms with Crippen LogP contribution in [0.5, 0.6) is 0 Å². The number of anilines is 1. The highest BCUT2D eigenvalue weighted by Crippen LogP contribution is 2.25. The number of hydrogen-bond acceptors (Lipinski definition) is 3. The van der Waals surface area contributed by atoms with Gasteiger partial charge in [-0.3, -0.25) is 9.10 Å². The number of benzene rings is 3. The molecule has 0 radical (unpaired) electrons. The third-order valence-corrected chi connectivity index (χ3v) is 7.24. The predicted molar refractivity (Wildman–Crippen MR) is 129 cm³/mol. The van der Waals surface area contributed by atoms with E-state index >= 15 is 0 Å². The normalized spacial score (nSPS) is 12.3. The Morgan fingerprint density at radius 2 is 1.50 bits per heavy atom. The third kappa shape index (κ3) is 5.37. The molecule has 0 aliphatic rings. The Labute approximate surface area is 191 Å². The first kappa shape index (κ1) is 23.5. The molecule has 0 fully saturated rings. The maximum atomic E-state index is 13.5. The average Bonchev–Trinajstić information content (AvgIpc) is 2.72. The predicted octanol–water partition coefficient (Wildman–Crippen LogP) is 4.99. The van der Waals surface area contributed by atoms with E-state index in [1.807, 2.05) is 52.8 Å². The molecule has 32 heavy (non-hydrogen) atoms. The fourth-order valence-electron chi connectivity index (χ4n) is 3.74. The Morgan fingerprint density at radius 1 is 0.875 bits per heavy atom. The minimum Gasteiger partial charge on any atom is -0.348 e. The van der Waals surface area contributed by atoms with Crippen LogP contribution in [0.15, 0.2) is 71.6 Å². The topological polar surface area (TPSA) is 66.5 Å². The summed E-state index contributed by atoms with van der Waals surface area (Å²) in [7, 11) is -3.92. The molecule has 1 amide bonds. The van der Waals surface area contributed by atoms with E-state index in [0.29, 0.717) is 5.69 Å². The van der Waals surface area contributed by atoms with Gasteiger partial charge in [-0.25, -0.2) is 8.42 Å². The van der Waals surface area contributed by atoms with Crippen LogP contribution < -0.4 is 9.62 Å². The molecule has 0 aliphatic carbocycles. The molecule has 0 unspecified atom stereocenters. The van der Waals surface area contributed by atoms with Crippen molar-refractivity contribution in [2.45, 2.75) is 45.6 Å². The highest BCUT2D eigenvalue weighted by atomic mass is 32.2. The molecule has 0 aliphatic heterocycles. The molecule has 0 spiro atoms. The third-order valence-electron chi connectivity index (χ3n) is 5.46. The van der Waals surface area contributed by atoms with E-state index in [9.17, 15) is 13.2 Å². The lowest BCUT2D eigenvalue weighted by molar-refractivity contribution is -0.120. The SMILES string of the molecule is Cc1ccc(S(=O)(=O)N(CC(=O)N[C@@H](C)c2ccc(C)cc2C)c2cccc(C)c2)cc1. The molecule has 0 heterocycles. The quantitative estimate of drug-likeness (QED) is 0.551. The van der Waals surface area contributed by atoms with Crippen molar-refractivity contribution in [3.63, 3.8) is 0 Å². The smallest absolute Gasteiger partial charge is 0.264 e. The van der Waals surface area contributed by atoms with E-state index in [4.69, 9.17) is 0 Å². The maximum absolute atomic E-state index is 13.5. The van der Waals surface area contributed by atoms with Crippen molar-refractivity contribution in [1.29, 1.82) is 0 Å². The van der Waals surface area contributed by atoms with Crippen molar-refractivity contribution in [3.8, 4) is 0 Å². The number of hydrogen-bond donors (Lipinski definition) is 1. The molecule has 168 valence electrons. The van der Waals surface area contributed by atoms with Crippen LogP contribution >= 0.6 is 0 Å². The molecular formula is C26H30N2O3S. The molecule has 1 atom stereocenters. The Bertz CT molecular complexity index is 1220. The van der Waals surface area contributed by atoms with E-state index in [0.717, 1.165) is 27.8 Å². The van der Waals surface area contributed by atoms with Crippen molar-refractivity contribution >= 4 is 21.6 Å². The molecule has 1 N–H and O–H groups in total. The molecule has 0 saturated carbocycles. The second-order valence-electron chi connectivity index (χ2n) is 8.31. The molecule has 6 heteroatoms. The van der Waals surface area contributed by atoms with Crippen LogP contribution in [0.25, 0.3) is 0 Å². The lowest BCUT2D eigenvalue weighted by atomic mass is 10.0. The first-order chi connectivity index (χ1) is 15.1. The molecule has 0 bridgehead atoms. The maximum Gasteiger partial charge on any atom is 0.264 e. The van der Waals surface area contributed by atoms with Crippen molar-refractivity contribution in [2.75, 3.05) is 10.8 Å². The Kier molecular flexibility index (Phi) is 7.04. The summed E-state index contributed by atoms with van der Waals surface area (Å²) in [6, 6.07) is 19.6. The molecule has 0 saturated heterocycles. The monoisotopic (exact) mass is 450 g/mol. The summed E-state index contributed by atoms with van der Waals surface area (Å²) < 4.78 is 28.1. The van der Waals surface area contributed by atoms with Gasteiger partial charge in [-0.15, -0.1) is 0 Å². The minimum absolute atomic E-state index is 0.153. The van der Waals surface area contributed by atoms with E-state index in [1.165, 1.54) is 4.31 Å². The van der Waals surface area contributed by atoms with Crippen LogP contribution in [-0.2, 0) is 14.8 Å². The summed E-state index contributed by atoms with van der Waals surface area (Å²) in [6.07, 6.45) is 0. The van der Waals surface area contributed by atoms with E-state index in [-0.39, 0.29) is 23.4 Å². The second kappa shape index (κ2) is 9.57. The fraction of sp³-hybridized carbons (Fsp3) is 0.269. The molecule has 3 rings (SSSR count). The van der Waals surface area contributed by atoms with Crippen LogP contribution in [0.4, 0.5) is 5.69 Å². The number of nitrogens with one attached hydrogen (secondary N) is 1. The van der Waals surface area contributed by atoms with Crippen molar-refractivity contribution < 1.29 is 13.2 Å². The van der Waals surface area contributed by atoms with E-state index in [1.54, 1.807) is 42.5 Å². The number of carbonyl (C=O) groups is 1. The van der Waals surface area contributed by atoms with Gasteiger partial charge in [0, 0.05) is 0 Å². The van der Waals surface area contributed by atoms with Crippen LogP contribution in [0, 0.1) is 27.7 Å². The first-order valence-corrected chi connectivity index (χ1v) is 12.0. The largest absolute Gasteiger partial charge is 0.348 e. The zero-order valence-electron chi connectivity index (χ0n) is 19.2. The summed E-state index contributed by atoms with van der Waals surface area (Å²) in [5.41, 5.74) is 5.58. The Hall–Kier alpha value is -3.12. The molecular weight excluding hydrogens is 420 g/mol. The number of rotatable bonds is 7. The highest BCUT2D eigenvalue weighted by molar-refractivity contribution is 7.92. The van der Waals surface area contributed by atoms with Gasteiger partial charge in [0.25, 0.3) is 10.0 Å². The van der Waals surface area contributed by atoms with Gasteiger partial charge in [0.1, 0.15) is 6.54 Å². The van der Waals surface area contributed by atoms with Gasteiger partial charge in [-0.05, 0) is 75.6 Å². The lowest BCUT2D eigenvalue weighted by Crippen LogP contribution is -2.41. The lowest BCUT2D eigenvalue weighted by Gasteiger charge is -2.26. The zero-order valence-corrected chi connectivity index (χ0v) is 20.0. The van der Waals surface area contributed by atoms with Crippen LogP contribution in [-0.4, -0.2) is 20.9 Å². The first-order valence-electron chi connectivity index (χ1n) is 10.6. The van der Waals surface area contributed by atoms with Crippen LogP contribution in [0.2, 0.25) is 0 Å². The van der Waals surface area contributed by atoms with Gasteiger partial charge < -0.3 is 5.32 Å². The van der Waals surface area contributed by atoms with Gasteiger partial charge in [0.2, 0.25) is 5.91 Å². The standard InChI is InChI=1S/C26H30N2O3S/c1-18-9-12-24(13-10-18)32(30,31)28(23-8-6-7-19(2)16-23)17-26(29)27-22(5)25-14-11-20(3)15-21(25)4/h6-16,22H,17H2,1-5H3,(H,27,29)/t22-/m0/s1. The number of aryl methyl sites for hydroxylation is 4. The summed E-state index contributed by atoms with van der Waals surface area (Å²) in [5.74, 6) is -0.366. The summed E-state index contributed by atoms with van der Waals surface area (Å²) >= 11 is 0. The summed E-state index contributed by atoms with van der Waals surface area (Å²) in [6.45, 7) is 9.41. The van der Waals surface area contributed by atoms with Gasteiger partial charge in [0.05, 0.1) is 16.6 Å². The van der Waals surface area contributed by atoms with Crippen molar-refractivity contribution in [3.05, 3.63) is 94.5 Å². The zero-order chi connectivity index (χ0) is 23.5. The average molecular weight is 451 g/mol. The number of amides is 1. The number of carbonyl (C=O) groups excluding carboxylic acids is 1. The summed E-state index contributed by atoms with van der Waals surface area (Å²) in [5, 5.41) is 2.96. The van der Waals surface area contributed by atoms with Crippen LogP contribution in [0.1, 0.15) is 40.8 Å². The number of nitrogens with zero attached hydrogens (tertiary/aromatic N) is 1. The number of sulfonamides is 1. The van der Waals surface area contributed by atoms with E-state index < -0.39 is 10.0 Å². The van der Waals surface area contributed by atoms with Crippen molar-refractivity contribution in [1.82, 2.24) is 5.32 Å². The van der Waals surface area contributed by atoms with Gasteiger partial charge in [-0.1, -0.05) is 53.6 Å². The molecule has 3 aromatic carbocycles. The molecule has 5 nitrogen and oxygen atoms in total. The van der Waals surface area contributed by atoms with E-state index in [2.05, 4.69) is 11.4 Å². The summed E-state index contributed by atoms with van der Waals surface area (Å²) in [4.78, 5) is 13.1. The second-order valence-corrected chi connectivity index (χ2v) is 10.2. The van der Waals surface area contributed by atoms with Gasteiger partial charge in [0.15, 0.2) is 0 Å². The minimum atomic E-state index is -3.92. The van der Waals surface area contributed by atoms with Crippen molar-refractivity contribution in [2.24, 2.45) is 0 Å². The molecule has 0 aromatic heterocycles. The Morgan fingerprint density at radius 3 is 2.12 bits per heavy atom. The van der Waals surface area contributed by atoms with Crippen LogP contribution in [0.3, 0.4) is 0 Å². The molecule has 3 aromatic rings. The highest BCUT2D eigenvalue weighted by Gasteiger charge is 2.28. The Balaban J connectivity index is 1.90.